The second-order valence-electron chi connectivity index (χ2n) is 4.49. The summed E-state index contributed by atoms with van der Waals surface area (Å²) in [6.07, 6.45) is 0. The van der Waals surface area contributed by atoms with Gasteiger partial charge in [0.25, 0.3) is 0 Å². The van der Waals surface area contributed by atoms with Gasteiger partial charge in [-0.15, -0.1) is 0 Å². The van der Waals surface area contributed by atoms with E-state index in [2.05, 4.69) is 31.3 Å². The Balaban J connectivity index is 2.33. The van der Waals surface area contributed by atoms with E-state index in [9.17, 15) is 0 Å². The molecule has 0 aliphatic rings. The summed E-state index contributed by atoms with van der Waals surface area (Å²) in [5.74, 6) is 0.449. The van der Waals surface area contributed by atoms with Crippen LogP contribution in [0.2, 0.25) is 0 Å². The van der Waals surface area contributed by atoms with Gasteiger partial charge in [0.15, 0.2) is 0 Å². The summed E-state index contributed by atoms with van der Waals surface area (Å²) in [6, 6.07) is 16.2. The van der Waals surface area contributed by atoms with Crippen molar-refractivity contribution in [3.8, 4) is 0 Å². The van der Waals surface area contributed by atoms with E-state index in [1.165, 1.54) is 5.56 Å². The van der Waals surface area contributed by atoms with Crippen LogP contribution in [0.5, 0.6) is 0 Å². The summed E-state index contributed by atoms with van der Waals surface area (Å²) in [5, 5.41) is 3.43. The third-order valence-corrected chi connectivity index (χ3v) is 2.75. The van der Waals surface area contributed by atoms with Gasteiger partial charge in [0, 0.05) is 17.1 Å². The first-order chi connectivity index (χ1) is 8.16. The Labute approximate surface area is 102 Å². The van der Waals surface area contributed by atoms with Gasteiger partial charge in [-0.1, -0.05) is 32.0 Å². The molecule has 88 valence electrons. The Bertz CT molecular complexity index is 490. The molecule has 2 heteroatoms. The summed E-state index contributed by atoms with van der Waals surface area (Å²) in [5.41, 5.74) is 10.1. The van der Waals surface area contributed by atoms with Gasteiger partial charge in [0.05, 0.1) is 0 Å². The first-order valence-corrected chi connectivity index (χ1v) is 5.88. The molecule has 2 nitrogen and oxygen atoms in total. The number of nitrogens with two attached hydrogens (primary N) is 1. The fourth-order valence-electron chi connectivity index (χ4n) is 1.85. The van der Waals surface area contributed by atoms with Crippen molar-refractivity contribution < 1.29 is 0 Å². The van der Waals surface area contributed by atoms with Gasteiger partial charge >= 0.3 is 0 Å². The quantitative estimate of drug-likeness (QED) is 0.772. The summed E-state index contributed by atoms with van der Waals surface area (Å²) in [4.78, 5) is 0. The predicted octanol–water partition coefficient (Wildman–Crippen LogP) is 4.14. The van der Waals surface area contributed by atoms with E-state index in [4.69, 9.17) is 5.73 Å². The zero-order chi connectivity index (χ0) is 12.3. The molecule has 0 unspecified atom stereocenters. The standard InChI is InChI=1S/C15H18N2/c1-11(2)14-10-12(16)8-9-15(14)17-13-6-4-3-5-7-13/h3-11,17H,16H2,1-2H3. The topological polar surface area (TPSA) is 38.0 Å². The Morgan fingerprint density at radius 2 is 1.71 bits per heavy atom. The Morgan fingerprint density at radius 1 is 1.00 bits per heavy atom. The molecule has 0 aliphatic heterocycles. The Kier molecular flexibility index (Phi) is 3.33. The van der Waals surface area contributed by atoms with Gasteiger partial charge in [-0.3, -0.25) is 0 Å². The van der Waals surface area contributed by atoms with E-state index in [-0.39, 0.29) is 0 Å². The molecule has 0 bridgehead atoms. The molecule has 2 rings (SSSR count). The van der Waals surface area contributed by atoms with E-state index >= 15 is 0 Å². The molecule has 0 radical (unpaired) electrons. The van der Waals surface area contributed by atoms with Gasteiger partial charge < -0.3 is 11.1 Å². The molecular weight excluding hydrogens is 208 g/mol. The van der Waals surface area contributed by atoms with Crippen molar-refractivity contribution >= 4 is 17.1 Å². The minimum atomic E-state index is 0.449. The largest absolute Gasteiger partial charge is 0.399 e. The third kappa shape index (κ3) is 2.78. The van der Waals surface area contributed by atoms with Crippen molar-refractivity contribution in [3.05, 3.63) is 54.1 Å². The molecule has 3 N–H and O–H groups in total. The lowest BCUT2D eigenvalue weighted by molar-refractivity contribution is 0.869. The zero-order valence-electron chi connectivity index (χ0n) is 10.3. The van der Waals surface area contributed by atoms with Gasteiger partial charge in [0.2, 0.25) is 0 Å². The number of nitrogen functional groups attached to an aromatic ring is 1. The van der Waals surface area contributed by atoms with Gasteiger partial charge in [-0.05, 0) is 41.8 Å². The number of hydrogen-bond donors (Lipinski definition) is 2. The van der Waals surface area contributed by atoms with Crippen LogP contribution in [0.3, 0.4) is 0 Å². The lowest BCUT2D eigenvalue weighted by Gasteiger charge is -2.15. The number of hydrogen-bond acceptors (Lipinski definition) is 2. The van der Waals surface area contributed by atoms with Crippen LogP contribution < -0.4 is 11.1 Å². The van der Waals surface area contributed by atoms with Crippen LogP contribution >= 0.6 is 0 Å². The van der Waals surface area contributed by atoms with Crippen molar-refractivity contribution in [2.75, 3.05) is 11.1 Å². The molecule has 0 fully saturated rings. The molecule has 0 heterocycles. The molecule has 0 atom stereocenters. The Morgan fingerprint density at radius 3 is 2.35 bits per heavy atom. The molecule has 0 amide bonds. The normalized spacial score (nSPS) is 10.5. The maximum Gasteiger partial charge on any atom is 0.0420 e. The second kappa shape index (κ2) is 4.91. The molecule has 0 saturated heterocycles. The smallest absolute Gasteiger partial charge is 0.0420 e. The first-order valence-electron chi connectivity index (χ1n) is 5.88. The van der Waals surface area contributed by atoms with E-state index < -0.39 is 0 Å². The number of para-hydroxylation sites is 1. The molecule has 0 saturated carbocycles. The molecule has 17 heavy (non-hydrogen) atoms. The van der Waals surface area contributed by atoms with Crippen LogP contribution in [0.25, 0.3) is 0 Å². The number of nitrogens with one attached hydrogen (secondary N) is 1. The average Bonchev–Trinajstić information content (AvgIpc) is 2.32. The van der Waals surface area contributed by atoms with Crippen molar-refractivity contribution in [3.63, 3.8) is 0 Å². The monoisotopic (exact) mass is 226 g/mol. The van der Waals surface area contributed by atoms with E-state index in [1.54, 1.807) is 0 Å². The summed E-state index contributed by atoms with van der Waals surface area (Å²) >= 11 is 0. The molecular formula is C15H18N2. The second-order valence-corrected chi connectivity index (χ2v) is 4.49. The first kappa shape index (κ1) is 11.5. The molecule has 2 aromatic carbocycles. The molecule has 0 aliphatic carbocycles. The highest BCUT2D eigenvalue weighted by atomic mass is 14.9. The summed E-state index contributed by atoms with van der Waals surface area (Å²) < 4.78 is 0. The lowest BCUT2D eigenvalue weighted by atomic mass is 10.0. The van der Waals surface area contributed by atoms with Gasteiger partial charge in [-0.25, -0.2) is 0 Å². The highest BCUT2D eigenvalue weighted by molar-refractivity contribution is 5.66. The van der Waals surface area contributed by atoms with Crippen LogP contribution in [-0.2, 0) is 0 Å². The number of anilines is 3. The van der Waals surface area contributed by atoms with Crippen molar-refractivity contribution in [1.29, 1.82) is 0 Å². The SMILES string of the molecule is CC(C)c1cc(N)ccc1Nc1ccccc1. The fourth-order valence-corrected chi connectivity index (χ4v) is 1.85. The average molecular weight is 226 g/mol. The van der Waals surface area contributed by atoms with Crippen molar-refractivity contribution in [2.24, 2.45) is 0 Å². The molecule has 2 aromatic rings. The highest BCUT2D eigenvalue weighted by Gasteiger charge is 2.07. The minimum absolute atomic E-state index is 0.449. The van der Waals surface area contributed by atoms with Crippen LogP contribution in [0.15, 0.2) is 48.5 Å². The maximum atomic E-state index is 5.83. The predicted molar refractivity (Wildman–Crippen MR) is 74.7 cm³/mol. The Hall–Kier alpha value is -1.96. The fraction of sp³-hybridized carbons (Fsp3) is 0.200. The van der Waals surface area contributed by atoms with Crippen LogP contribution in [0, 0.1) is 0 Å². The van der Waals surface area contributed by atoms with Crippen LogP contribution in [0.4, 0.5) is 17.1 Å². The third-order valence-electron chi connectivity index (χ3n) is 2.75. The maximum absolute atomic E-state index is 5.83. The van der Waals surface area contributed by atoms with Crippen LogP contribution in [0.1, 0.15) is 25.3 Å². The van der Waals surface area contributed by atoms with E-state index in [0.717, 1.165) is 17.1 Å². The molecule has 0 spiro atoms. The van der Waals surface area contributed by atoms with Crippen molar-refractivity contribution in [1.82, 2.24) is 0 Å². The molecule has 0 aromatic heterocycles. The van der Waals surface area contributed by atoms with Crippen molar-refractivity contribution in [2.45, 2.75) is 19.8 Å². The number of benzene rings is 2. The summed E-state index contributed by atoms with van der Waals surface area (Å²) in [6.45, 7) is 4.34. The lowest BCUT2D eigenvalue weighted by Crippen LogP contribution is -1.99. The highest BCUT2D eigenvalue weighted by Crippen LogP contribution is 2.28. The summed E-state index contributed by atoms with van der Waals surface area (Å²) in [7, 11) is 0. The zero-order valence-corrected chi connectivity index (χ0v) is 10.3. The van der Waals surface area contributed by atoms with Gasteiger partial charge in [-0.2, -0.15) is 0 Å². The number of rotatable bonds is 3. The minimum Gasteiger partial charge on any atom is -0.399 e. The van der Waals surface area contributed by atoms with E-state index in [1.807, 2.05) is 36.4 Å². The van der Waals surface area contributed by atoms with Gasteiger partial charge in [0.1, 0.15) is 0 Å². The van der Waals surface area contributed by atoms with Crippen LogP contribution in [-0.4, -0.2) is 0 Å². The van der Waals surface area contributed by atoms with E-state index in [0.29, 0.717) is 5.92 Å².